The van der Waals surface area contributed by atoms with Crippen molar-refractivity contribution in [3.05, 3.63) is 109 Å². The molecular formula is C38H42N5O13PS. The molecule has 20 heteroatoms. The number of phenolic OH excluding ortho intramolecular Hbond substituents is 2. The Labute approximate surface area is 335 Å². The van der Waals surface area contributed by atoms with Crippen molar-refractivity contribution in [2.45, 2.75) is 56.6 Å². The van der Waals surface area contributed by atoms with Crippen LogP contribution >= 0.6 is 6.72 Å². The number of aryl methyl sites for hydroxylation is 1. The summed E-state index contributed by atoms with van der Waals surface area (Å²) in [6.07, 6.45) is 0.299. The van der Waals surface area contributed by atoms with Crippen LogP contribution in [-0.4, -0.2) is 85.4 Å². The predicted molar refractivity (Wildman–Crippen MR) is 212 cm³/mol. The number of hydrogen-bond acceptors (Lipinski definition) is 14. The van der Waals surface area contributed by atoms with E-state index in [2.05, 4.69) is 15.3 Å². The second kappa shape index (κ2) is 16.6. The number of aromatic amines is 1. The average molecular weight is 840 g/mol. The van der Waals surface area contributed by atoms with Crippen LogP contribution < -0.4 is 27.0 Å². The summed E-state index contributed by atoms with van der Waals surface area (Å²) in [4.78, 5) is 54.5. The van der Waals surface area contributed by atoms with Crippen LogP contribution in [-0.2, 0) is 35.9 Å². The number of aliphatic hydroxyl groups is 2. The Morgan fingerprint density at radius 1 is 1.07 bits per heavy atom. The molecule has 0 bridgehead atoms. The Bertz CT molecular complexity index is 2370. The van der Waals surface area contributed by atoms with Gasteiger partial charge in [0.25, 0.3) is 5.56 Å². The number of esters is 1. The number of aliphatic imine (C=N–C) groups is 1. The molecule has 3 aliphatic heterocycles. The first-order chi connectivity index (χ1) is 27.7. The number of aliphatic hydroxyl groups excluding tert-OH is 2. The van der Waals surface area contributed by atoms with E-state index in [-0.39, 0.29) is 66.7 Å². The number of hydrogen-bond donors (Lipinski definition) is 8. The van der Waals surface area contributed by atoms with Gasteiger partial charge in [-0.1, -0.05) is 12.5 Å². The minimum absolute atomic E-state index is 0.0434. The minimum atomic E-state index is -3.78. The lowest BCUT2D eigenvalue weighted by Crippen LogP contribution is -2.33. The normalized spacial score (nSPS) is 20.7. The Kier molecular flexibility index (Phi) is 11.8. The third-order valence-electron chi connectivity index (χ3n) is 10.1. The molecule has 0 saturated carbocycles. The van der Waals surface area contributed by atoms with E-state index in [0.29, 0.717) is 53.7 Å². The highest BCUT2D eigenvalue weighted by atomic mass is 32.5. The average Bonchev–Trinajstić information content (AvgIpc) is 3.69. The van der Waals surface area contributed by atoms with E-state index in [1.165, 1.54) is 42.0 Å². The lowest BCUT2D eigenvalue weighted by molar-refractivity contribution is -0.0441. The van der Waals surface area contributed by atoms with Gasteiger partial charge in [0.05, 0.1) is 24.9 Å². The van der Waals surface area contributed by atoms with Gasteiger partial charge in [-0.25, -0.2) is 9.59 Å². The lowest BCUT2D eigenvalue weighted by Gasteiger charge is -2.36. The Morgan fingerprint density at radius 2 is 1.76 bits per heavy atom. The first kappa shape index (κ1) is 41.1. The van der Waals surface area contributed by atoms with Gasteiger partial charge < -0.3 is 59.6 Å². The molecule has 1 saturated heterocycles. The first-order valence-corrected chi connectivity index (χ1v) is 20.9. The number of nitrogens with one attached hydrogen (secondary N) is 2. The van der Waals surface area contributed by atoms with Crippen molar-refractivity contribution in [3.8, 4) is 23.0 Å². The summed E-state index contributed by atoms with van der Waals surface area (Å²) in [6.45, 7) is -2.54. The molecule has 5 atom stereocenters. The van der Waals surface area contributed by atoms with Gasteiger partial charge in [-0.05, 0) is 68.0 Å². The Balaban J connectivity index is 0.887. The molecule has 4 aromatic rings. The molecule has 308 valence electrons. The zero-order valence-corrected chi connectivity index (χ0v) is 32.8. The second-order valence-corrected chi connectivity index (χ2v) is 17.0. The van der Waals surface area contributed by atoms with Gasteiger partial charge in [0.1, 0.15) is 35.3 Å². The van der Waals surface area contributed by atoms with E-state index in [1.54, 1.807) is 30.3 Å². The summed E-state index contributed by atoms with van der Waals surface area (Å²) in [5.74, 6) is -0.390. The Morgan fingerprint density at radius 3 is 2.45 bits per heavy atom. The minimum Gasteiger partial charge on any atom is -0.508 e. The highest BCUT2D eigenvalue weighted by Gasteiger charge is 2.53. The van der Waals surface area contributed by atoms with Crippen molar-refractivity contribution in [1.82, 2.24) is 9.55 Å². The van der Waals surface area contributed by atoms with Crippen LogP contribution in [0.4, 0.5) is 5.69 Å². The molecule has 2 unspecified atom stereocenters. The SMILES string of the molecule is Cc1cn([C@H]2C[C@H](O)[C@@H](COP(O)(=S)OCC(CO)CCCCN=C(N)Nc3ccc4c(c3)C(=O)OC43c4ccc(O)cc4Oc4cc(O)ccc43)O2)c(=O)[nH]c1=O. The molecule has 7 rings (SSSR count). The molecule has 3 aromatic carbocycles. The summed E-state index contributed by atoms with van der Waals surface area (Å²) in [7, 11) is 0. The van der Waals surface area contributed by atoms with Crippen LogP contribution in [0.3, 0.4) is 0 Å². The number of fused-ring (bicyclic) bond motifs is 6. The topological polar surface area (TPSA) is 270 Å². The number of aromatic hydroxyl groups is 2. The van der Waals surface area contributed by atoms with Crippen LogP contribution in [0.15, 0.2) is 75.4 Å². The number of phenols is 2. The number of ether oxygens (including phenoxy) is 3. The highest BCUT2D eigenvalue weighted by Crippen LogP contribution is 2.57. The molecule has 0 radical (unpaired) electrons. The van der Waals surface area contributed by atoms with Gasteiger partial charge in [-0.3, -0.25) is 19.3 Å². The number of carbonyl (C=O) groups excluding carboxylic acids is 1. The summed E-state index contributed by atoms with van der Waals surface area (Å²) in [6, 6.07) is 14.1. The Hall–Kier alpha value is -5.11. The summed E-state index contributed by atoms with van der Waals surface area (Å²) in [5, 5.41) is 43.7. The number of unbranched alkanes of at least 4 members (excludes halogenated alkanes) is 1. The van der Waals surface area contributed by atoms with Crippen LogP contribution in [0.2, 0.25) is 0 Å². The maximum atomic E-state index is 13.4. The molecule has 1 fully saturated rings. The monoisotopic (exact) mass is 839 g/mol. The van der Waals surface area contributed by atoms with E-state index >= 15 is 0 Å². The van der Waals surface area contributed by atoms with Gasteiger partial charge in [-0.2, -0.15) is 0 Å². The second-order valence-electron chi connectivity index (χ2n) is 14.2. The van der Waals surface area contributed by atoms with Gasteiger partial charge in [0, 0.05) is 71.8 Å². The number of H-pyrrole nitrogens is 1. The number of carbonyl (C=O) groups is 1. The highest BCUT2D eigenvalue weighted by molar-refractivity contribution is 8.07. The maximum Gasteiger partial charge on any atom is 0.340 e. The summed E-state index contributed by atoms with van der Waals surface area (Å²) < 4.78 is 29.9. The third kappa shape index (κ3) is 8.39. The molecule has 3 aliphatic rings. The van der Waals surface area contributed by atoms with Gasteiger partial charge >= 0.3 is 18.4 Å². The van der Waals surface area contributed by atoms with E-state index in [0.717, 1.165) is 0 Å². The van der Waals surface area contributed by atoms with E-state index in [9.17, 15) is 39.7 Å². The maximum absolute atomic E-state index is 13.4. The van der Waals surface area contributed by atoms with E-state index < -0.39 is 48.0 Å². The number of guanidine groups is 1. The molecule has 9 N–H and O–H groups in total. The quantitative estimate of drug-likeness (QED) is 0.0298. The largest absolute Gasteiger partial charge is 0.508 e. The standard InChI is InChI=1S/C38H42N5O13PS/c1-20-16-43(37(50)42-34(20)48)33-15-29(47)32(55-33)19-53-57(51,58)52-18-21(17-44)4-2-3-11-40-36(39)41-22-5-8-26-25(12-22)35(49)56-38(26)27-9-6-23(45)13-30(27)54-31-14-24(46)7-10-28(31)38/h5-10,12-14,16,21,29,32-33,44-47H,2-4,11,15,17-19H2,1H3,(H,51,58)(H3,39,40,41)(H,42,48,50)/t21?,29-,32+,33+,57?/m0/s1. The van der Waals surface area contributed by atoms with Crippen LogP contribution in [0.1, 0.15) is 64.5 Å². The molecule has 4 heterocycles. The number of aromatic nitrogens is 2. The summed E-state index contributed by atoms with van der Waals surface area (Å²) in [5.41, 5.74) is 6.20. The molecule has 58 heavy (non-hydrogen) atoms. The molecule has 0 aliphatic carbocycles. The number of benzene rings is 3. The van der Waals surface area contributed by atoms with Crippen LogP contribution in [0.25, 0.3) is 0 Å². The fourth-order valence-corrected chi connectivity index (χ4v) is 8.36. The fourth-order valence-electron chi connectivity index (χ4n) is 7.18. The van der Waals surface area contributed by atoms with Gasteiger partial charge in [0.2, 0.25) is 0 Å². The number of anilines is 1. The zero-order valence-electron chi connectivity index (χ0n) is 31.1. The third-order valence-corrected chi connectivity index (χ3v) is 11.7. The van der Waals surface area contributed by atoms with Crippen molar-refractivity contribution >= 4 is 36.1 Å². The van der Waals surface area contributed by atoms with Gasteiger partial charge in [-0.15, -0.1) is 0 Å². The van der Waals surface area contributed by atoms with Crippen molar-refractivity contribution in [2.75, 3.05) is 31.7 Å². The van der Waals surface area contributed by atoms with E-state index in [4.69, 9.17) is 40.8 Å². The lowest BCUT2D eigenvalue weighted by atomic mass is 9.77. The van der Waals surface area contributed by atoms with Gasteiger partial charge in [0.15, 0.2) is 11.6 Å². The van der Waals surface area contributed by atoms with Crippen LogP contribution in [0, 0.1) is 12.8 Å². The first-order valence-electron chi connectivity index (χ1n) is 18.4. The van der Waals surface area contributed by atoms with Crippen molar-refractivity contribution in [3.63, 3.8) is 0 Å². The summed E-state index contributed by atoms with van der Waals surface area (Å²) >= 11 is 5.12. The van der Waals surface area contributed by atoms with Crippen molar-refractivity contribution < 1.29 is 53.4 Å². The molecule has 1 aromatic heterocycles. The van der Waals surface area contributed by atoms with Crippen molar-refractivity contribution in [1.29, 1.82) is 0 Å². The van der Waals surface area contributed by atoms with Crippen LogP contribution in [0.5, 0.6) is 23.0 Å². The fraction of sp³-hybridized carbons (Fsp3) is 0.368. The molecular weight excluding hydrogens is 797 g/mol. The molecule has 0 amide bonds. The number of nitrogens with zero attached hydrogens (tertiary/aromatic N) is 2. The smallest absolute Gasteiger partial charge is 0.340 e. The number of nitrogens with two attached hydrogens (primary N) is 1. The predicted octanol–water partition coefficient (Wildman–Crippen LogP) is 2.93. The number of rotatable bonds is 14. The molecule has 18 nitrogen and oxygen atoms in total. The zero-order chi connectivity index (χ0) is 41.4. The molecule has 1 spiro atoms. The van der Waals surface area contributed by atoms with E-state index in [1.807, 2.05) is 0 Å². The van der Waals surface area contributed by atoms with Crippen molar-refractivity contribution in [2.24, 2.45) is 16.6 Å².